The number of carbonyl (C=O) groups is 2. The smallest absolute Gasteiger partial charge is 0.243 e. The largest absolute Gasteiger partial charge is 0.354 e. The van der Waals surface area contributed by atoms with Gasteiger partial charge in [-0.1, -0.05) is 6.92 Å². The Hall–Kier alpha value is -1.83. The number of likely N-dealkylation sites (tertiary alicyclic amines) is 1. The Labute approximate surface area is 169 Å². The number of hydrogen-bond donors (Lipinski definition) is 1. The molecule has 2 amide bonds. The van der Waals surface area contributed by atoms with Gasteiger partial charge in [0, 0.05) is 59.4 Å². The Bertz CT molecular complexity index is 537. The molecule has 8 nitrogen and oxygen atoms in total. The average molecular weight is 395 g/mol. The van der Waals surface area contributed by atoms with Crippen molar-refractivity contribution in [2.45, 2.75) is 45.6 Å². The summed E-state index contributed by atoms with van der Waals surface area (Å²) in [6.45, 7) is 10.0. The first kappa shape index (κ1) is 22.5. The van der Waals surface area contributed by atoms with Gasteiger partial charge in [0.2, 0.25) is 11.8 Å². The molecule has 0 aromatic heterocycles. The van der Waals surface area contributed by atoms with Gasteiger partial charge in [0.05, 0.1) is 6.54 Å². The number of nitrogens with zero attached hydrogens (tertiary/aromatic N) is 5. The molecule has 2 saturated heterocycles. The highest BCUT2D eigenvalue weighted by Crippen LogP contribution is 2.10. The van der Waals surface area contributed by atoms with E-state index >= 15 is 0 Å². The molecule has 2 aliphatic heterocycles. The standard InChI is InChI=1S/C20H38N6O2/c1-5-17(2)22-20(21-15-18(27)23(3)4)26-13-11-24(12-14-26)16-19(28)25-9-7-6-8-10-25/h17H,5-16H2,1-4H3,(H,21,22). The Morgan fingerprint density at radius 3 is 2.21 bits per heavy atom. The van der Waals surface area contributed by atoms with E-state index in [1.54, 1.807) is 19.0 Å². The molecule has 1 N–H and O–H groups in total. The Morgan fingerprint density at radius 1 is 1.00 bits per heavy atom. The Morgan fingerprint density at radius 2 is 1.64 bits per heavy atom. The fourth-order valence-corrected chi connectivity index (χ4v) is 3.40. The van der Waals surface area contributed by atoms with Crippen LogP contribution in [0.25, 0.3) is 0 Å². The molecule has 8 heteroatoms. The van der Waals surface area contributed by atoms with E-state index in [-0.39, 0.29) is 18.4 Å². The lowest BCUT2D eigenvalue weighted by Gasteiger charge is -2.38. The minimum absolute atomic E-state index is 0.00536. The fraction of sp³-hybridized carbons (Fsp3) is 0.850. The lowest BCUT2D eigenvalue weighted by molar-refractivity contribution is -0.133. The topological polar surface area (TPSA) is 71.5 Å². The summed E-state index contributed by atoms with van der Waals surface area (Å²) >= 11 is 0. The van der Waals surface area contributed by atoms with E-state index in [9.17, 15) is 9.59 Å². The van der Waals surface area contributed by atoms with E-state index in [2.05, 4.69) is 34.0 Å². The summed E-state index contributed by atoms with van der Waals surface area (Å²) in [5, 5.41) is 3.45. The third-order valence-corrected chi connectivity index (χ3v) is 5.59. The first-order valence-corrected chi connectivity index (χ1v) is 10.7. The van der Waals surface area contributed by atoms with Crippen molar-refractivity contribution in [3.63, 3.8) is 0 Å². The average Bonchev–Trinajstić information content (AvgIpc) is 2.71. The van der Waals surface area contributed by atoms with Gasteiger partial charge in [-0.25, -0.2) is 4.99 Å². The van der Waals surface area contributed by atoms with Crippen molar-refractivity contribution in [3.8, 4) is 0 Å². The zero-order valence-electron chi connectivity index (χ0n) is 18.1. The highest BCUT2D eigenvalue weighted by atomic mass is 16.2. The quantitative estimate of drug-likeness (QED) is 0.523. The maximum atomic E-state index is 12.5. The minimum atomic E-state index is -0.00536. The van der Waals surface area contributed by atoms with Gasteiger partial charge < -0.3 is 20.0 Å². The molecule has 2 heterocycles. The molecule has 0 spiro atoms. The number of carbonyl (C=O) groups excluding carboxylic acids is 2. The minimum Gasteiger partial charge on any atom is -0.354 e. The van der Waals surface area contributed by atoms with Crippen molar-refractivity contribution in [2.75, 3.05) is 66.5 Å². The first-order valence-electron chi connectivity index (χ1n) is 10.7. The molecule has 1 unspecified atom stereocenters. The van der Waals surface area contributed by atoms with Crippen LogP contribution in [-0.2, 0) is 9.59 Å². The van der Waals surface area contributed by atoms with Gasteiger partial charge in [-0.3, -0.25) is 14.5 Å². The van der Waals surface area contributed by atoms with E-state index in [4.69, 9.17) is 0 Å². The van der Waals surface area contributed by atoms with Crippen LogP contribution >= 0.6 is 0 Å². The number of rotatable bonds is 6. The SMILES string of the molecule is CCC(C)NC(=NCC(=O)N(C)C)N1CCN(CC(=O)N2CCCCC2)CC1. The van der Waals surface area contributed by atoms with Crippen molar-refractivity contribution in [2.24, 2.45) is 4.99 Å². The van der Waals surface area contributed by atoms with Crippen molar-refractivity contribution in [3.05, 3.63) is 0 Å². The zero-order valence-corrected chi connectivity index (χ0v) is 18.1. The summed E-state index contributed by atoms with van der Waals surface area (Å²) in [5.74, 6) is 1.05. The van der Waals surface area contributed by atoms with Crippen LogP contribution in [0.2, 0.25) is 0 Å². The molecule has 1 atom stereocenters. The van der Waals surface area contributed by atoms with Crippen LogP contribution in [0.1, 0.15) is 39.5 Å². The normalized spacial score (nSPS) is 20.1. The summed E-state index contributed by atoms with van der Waals surface area (Å²) in [5.41, 5.74) is 0. The van der Waals surface area contributed by atoms with Gasteiger partial charge in [0.1, 0.15) is 6.54 Å². The van der Waals surface area contributed by atoms with Gasteiger partial charge in [0.25, 0.3) is 0 Å². The van der Waals surface area contributed by atoms with Crippen LogP contribution in [0.3, 0.4) is 0 Å². The van der Waals surface area contributed by atoms with Crippen molar-refractivity contribution in [1.29, 1.82) is 0 Å². The molecule has 28 heavy (non-hydrogen) atoms. The molecule has 0 bridgehead atoms. The van der Waals surface area contributed by atoms with Crippen LogP contribution in [0.4, 0.5) is 0 Å². The Balaban J connectivity index is 1.88. The number of amides is 2. The van der Waals surface area contributed by atoms with Crippen LogP contribution in [0, 0.1) is 0 Å². The molecule has 2 fully saturated rings. The van der Waals surface area contributed by atoms with E-state index in [0.29, 0.717) is 12.6 Å². The van der Waals surface area contributed by atoms with Gasteiger partial charge >= 0.3 is 0 Å². The predicted octanol–water partition coefficient (Wildman–Crippen LogP) is 0.449. The number of nitrogens with one attached hydrogen (secondary N) is 1. The molecule has 0 aromatic rings. The molecule has 0 radical (unpaired) electrons. The third-order valence-electron chi connectivity index (χ3n) is 5.59. The lowest BCUT2D eigenvalue weighted by Crippen LogP contribution is -2.55. The van der Waals surface area contributed by atoms with E-state index < -0.39 is 0 Å². The van der Waals surface area contributed by atoms with Gasteiger partial charge in [-0.05, 0) is 32.6 Å². The molecule has 0 aliphatic carbocycles. The number of likely N-dealkylation sites (N-methyl/N-ethyl adjacent to an activating group) is 1. The van der Waals surface area contributed by atoms with Crippen LogP contribution < -0.4 is 5.32 Å². The number of aliphatic imine (C=N–C) groups is 1. The summed E-state index contributed by atoms with van der Waals surface area (Å²) in [6, 6.07) is 0.298. The second-order valence-corrected chi connectivity index (χ2v) is 8.09. The maximum Gasteiger partial charge on any atom is 0.243 e. The summed E-state index contributed by atoms with van der Waals surface area (Å²) in [4.78, 5) is 37.0. The molecule has 0 saturated carbocycles. The first-order chi connectivity index (χ1) is 13.4. The third kappa shape index (κ3) is 6.96. The number of piperidine rings is 1. The monoisotopic (exact) mass is 394 g/mol. The molecule has 0 aromatic carbocycles. The summed E-state index contributed by atoms with van der Waals surface area (Å²) in [6.07, 6.45) is 4.49. The predicted molar refractivity (Wildman–Crippen MR) is 112 cm³/mol. The zero-order chi connectivity index (χ0) is 20.5. The number of hydrogen-bond acceptors (Lipinski definition) is 4. The second-order valence-electron chi connectivity index (χ2n) is 8.09. The van der Waals surface area contributed by atoms with Crippen molar-refractivity contribution < 1.29 is 9.59 Å². The summed E-state index contributed by atoms with van der Waals surface area (Å²) in [7, 11) is 3.50. The van der Waals surface area contributed by atoms with Gasteiger partial charge in [-0.15, -0.1) is 0 Å². The maximum absolute atomic E-state index is 12.5. The fourth-order valence-electron chi connectivity index (χ4n) is 3.40. The van der Waals surface area contributed by atoms with E-state index in [1.807, 2.05) is 4.90 Å². The van der Waals surface area contributed by atoms with E-state index in [1.165, 1.54) is 6.42 Å². The molecule has 2 rings (SSSR count). The molecular formula is C20H38N6O2. The van der Waals surface area contributed by atoms with Crippen LogP contribution in [0.15, 0.2) is 4.99 Å². The van der Waals surface area contributed by atoms with Crippen molar-refractivity contribution in [1.82, 2.24) is 24.9 Å². The second kappa shape index (κ2) is 11.2. The van der Waals surface area contributed by atoms with Crippen LogP contribution in [0.5, 0.6) is 0 Å². The highest BCUT2D eigenvalue weighted by molar-refractivity contribution is 5.85. The molecule has 2 aliphatic rings. The number of guanidine groups is 1. The Kier molecular flexibility index (Phi) is 9.02. The van der Waals surface area contributed by atoms with Crippen LogP contribution in [-0.4, -0.2) is 110 Å². The van der Waals surface area contributed by atoms with Gasteiger partial charge in [-0.2, -0.15) is 0 Å². The van der Waals surface area contributed by atoms with E-state index in [0.717, 1.165) is 64.5 Å². The summed E-state index contributed by atoms with van der Waals surface area (Å²) < 4.78 is 0. The van der Waals surface area contributed by atoms with Crippen molar-refractivity contribution >= 4 is 17.8 Å². The number of piperazine rings is 1. The molecule has 160 valence electrons. The lowest BCUT2D eigenvalue weighted by atomic mass is 10.1. The van der Waals surface area contributed by atoms with Gasteiger partial charge in [0.15, 0.2) is 5.96 Å². The molecular weight excluding hydrogens is 356 g/mol. The highest BCUT2D eigenvalue weighted by Gasteiger charge is 2.24.